The minimum atomic E-state index is -0.547. The van der Waals surface area contributed by atoms with E-state index in [9.17, 15) is 4.79 Å². The monoisotopic (exact) mass is 368 g/mol. The van der Waals surface area contributed by atoms with Crippen LogP contribution in [0.25, 0.3) is 21.8 Å². The fraction of sp³-hybridized carbons (Fsp3) is 0. The maximum absolute atomic E-state index is 11.9. The quantitative estimate of drug-likeness (QED) is 0.427. The van der Waals surface area contributed by atoms with Crippen molar-refractivity contribution in [2.45, 2.75) is 0 Å². The number of carbonyl (C=O) groups excluding carboxylic acids is 1. The topological polar surface area (TPSA) is 91.6 Å². The molecule has 0 radical (unpaired) electrons. The van der Waals surface area contributed by atoms with Crippen LogP contribution in [-0.2, 0) is 0 Å². The van der Waals surface area contributed by atoms with Crippen LogP contribution < -0.4 is 10.9 Å². The Morgan fingerprint density at radius 2 is 1.18 bits per heavy atom. The highest BCUT2D eigenvalue weighted by Gasteiger charge is 2.01. The van der Waals surface area contributed by atoms with Gasteiger partial charge in [0.1, 0.15) is 0 Å². The van der Waals surface area contributed by atoms with Gasteiger partial charge in [-0.2, -0.15) is 10.2 Å². The van der Waals surface area contributed by atoms with Gasteiger partial charge in [-0.25, -0.2) is 15.6 Å². The van der Waals surface area contributed by atoms with E-state index in [1.807, 2.05) is 60.7 Å². The number of rotatable bonds is 4. The van der Waals surface area contributed by atoms with Crippen LogP contribution in [0.15, 0.2) is 83.3 Å². The first-order valence-corrected chi connectivity index (χ1v) is 8.61. The number of aromatic nitrogens is 2. The lowest BCUT2D eigenvalue weighted by Gasteiger charge is -2.01. The second kappa shape index (κ2) is 8.05. The number of para-hydroxylation sites is 2. The highest BCUT2D eigenvalue weighted by molar-refractivity contribution is 5.98. The number of nitrogens with one attached hydrogen (secondary N) is 2. The molecule has 28 heavy (non-hydrogen) atoms. The Balaban J connectivity index is 1.39. The largest absolute Gasteiger partial charge is 0.355 e. The number of nitrogens with zero attached hydrogens (tertiary/aromatic N) is 4. The molecule has 0 atom stereocenters. The third kappa shape index (κ3) is 3.83. The second-order valence-corrected chi connectivity index (χ2v) is 5.91. The molecule has 0 unspecified atom stereocenters. The molecule has 0 bridgehead atoms. The summed E-state index contributed by atoms with van der Waals surface area (Å²) in [5, 5.41) is 9.92. The molecule has 0 saturated carbocycles. The molecule has 7 heteroatoms. The molecule has 0 aliphatic heterocycles. The summed E-state index contributed by atoms with van der Waals surface area (Å²) in [6, 6.07) is 18.7. The van der Waals surface area contributed by atoms with Gasteiger partial charge in [0, 0.05) is 34.3 Å². The molecule has 2 amide bonds. The van der Waals surface area contributed by atoms with E-state index >= 15 is 0 Å². The Bertz CT molecular complexity index is 1100. The number of hydrazone groups is 2. The normalized spacial score (nSPS) is 11.4. The number of amides is 2. The Kier molecular flexibility index (Phi) is 4.97. The second-order valence-electron chi connectivity index (χ2n) is 5.91. The summed E-state index contributed by atoms with van der Waals surface area (Å²) in [4.78, 5) is 20.5. The van der Waals surface area contributed by atoms with Crippen molar-refractivity contribution in [1.82, 2.24) is 20.8 Å². The Hall–Kier alpha value is -4.13. The van der Waals surface area contributed by atoms with Crippen LogP contribution in [0.5, 0.6) is 0 Å². The van der Waals surface area contributed by atoms with Crippen LogP contribution >= 0.6 is 0 Å². The average Bonchev–Trinajstić information content (AvgIpc) is 2.74. The number of fused-ring (bicyclic) bond motifs is 2. The number of pyridine rings is 2. The molecule has 0 spiro atoms. The lowest BCUT2D eigenvalue weighted by atomic mass is 10.1. The Morgan fingerprint density at radius 1 is 0.714 bits per heavy atom. The van der Waals surface area contributed by atoms with Gasteiger partial charge in [0.2, 0.25) is 0 Å². The van der Waals surface area contributed by atoms with Gasteiger partial charge in [0.05, 0.1) is 23.5 Å². The van der Waals surface area contributed by atoms with E-state index in [0.717, 1.165) is 32.9 Å². The van der Waals surface area contributed by atoms with E-state index in [-0.39, 0.29) is 0 Å². The summed E-state index contributed by atoms with van der Waals surface area (Å²) in [6.45, 7) is 0. The van der Waals surface area contributed by atoms with Gasteiger partial charge in [-0.3, -0.25) is 9.97 Å². The van der Waals surface area contributed by atoms with E-state index in [1.165, 1.54) is 0 Å². The number of benzene rings is 2. The van der Waals surface area contributed by atoms with E-state index in [1.54, 1.807) is 24.8 Å². The lowest BCUT2D eigenvalue weighted by molar-refractivity contribution is 0.242. The molecule has 0 aliphatic carbocycles. The molecule has 2 heterocycles. The first-order valence-electron chi connectivity index (χ1n) is 8.61. The molecule has 0 fully saturated rings. The first kappa shape index (κ1) is 17.3. The van der Waals surface area contributed by atoms with Crippen LogP contribution in [0.2, 0.25) is 0 Å². The predicted molar refractivity (Wildman–Crippen MR) is 110 cm³/mol. The molecule has 0 saturated heterocycles. The fourth-order valence-corrected chi connectivity index (χ4v) is 2.81. The summed E-state index contributed by atoms with van der Waals surface area (Å²) in [7, 11) is 0. The van der Waals surface area contributed by atoms with Crippen LogP contribution in [0.3, 0.4) is 0 Å². The maximum Gasteiger partial charge on any atom is 0.355 e. The van der Waals surface area contributed by atoms with Gasteiger partial charge in [-0.1, -0.05) is 48.5 Å². The van der Waals surface area contributed by atoms with Crippen LogP contribution in [0, 0.1) is 0 Å². The molecule has 4 rings (SSSR count). The van der Waals surface area contributed by atoms with Crippen molar-refractivity contribution in [3.63, 3.8) is 0 Å². The highest BCUT2D eigenvalue weighted by Crippen LogP contribution is 2.14. The van der Waals surface area contributed by atoms with Gasteiger partial charge in [-0.15, -0.1) is 0 Å². The summed E-state index contributed by atoms with van der Waals surface area (Å²) in [5.41, 5.74) is 8.02. The summed E-state index contributed by atoms with van der Waals surface area (Å²) < 4.78 is 0. The number of urea groups is 1. The Labute approximate surface area is 160 Å². The van der Waals surface area contributed by atoms with Gasteiger partial charge in [0.15, 0.2) is 0 Å². The summed E-state index contributed by atoms with van der Waals surface area (Å²) >= 11 is 0. The van der Waals surface area contributed by atoms with Gasteiger partial charge in [-0.05, 0) is 12.1 Å². The zero-order valence-corrected chi connectivity index (χ0v) is 14.8. The predicted octanol–water partition coefficient (Wildman–Crippen LogP) is 3.45. The smallest absolute Gasteiger partial charge is 0.256 e. The SMILES string of the molecule is O=C(N/N=C/c1cccc2cccnc12)N/N=C/c1cccc2cccnc12. The highest BCUT2D eigenvalue weighted by atomic mass is 16.2. The van der Waals surface area contributed by atoms with Crippen LogP contribution in [-0.4, -0.2) is 28.4 Å². The summed E-state index contributed by atoms with van der Waals surface area (Å²) in [5.74, 6) is 0. The van der Waals surface area contributed by atoms with Gasteiger partial charge < -0.3 is 0 Å². The molecule has 2 N–H and O–H groups in total. The minimum absolute atomic E-state index is 0.547. The molecule has 4 aromatic rings. The third-order valence-corrected chi connectivity index (χ3v) is 4.07. The van der Waals surface area contributed by atoms with Crippen molar-refractivity contribution in [1.29, 1.82) is 0 Å². The standard InChI is InChI=1S/C21H16N6O/c28-21(26-24-13-17-7-1-5-15-9-3-11-22-19(15)17)27-25-14-18-8-2-6-16-10-4-12-23-20(16)18/h1-14H,(H2,26,27,28)/b24-13+,25-14+. The minimum Gasteiger partial charge on any atom is -0.256 e. The molecule has 2 aromatic carbocycles. The molecule has 7 nitrogen and oxygen atoms in total. The fourth-order valence-electron chi connectivity index (χ4n) is 2.81. The van der Waals surface area contributed by atoms with E-state index in [0.29, 0.717) is 0 Å². The number of carbonyl (C=O) groups is 1. The zero-order chi connectivity index (χ0) is 19.2. The van der Waals surface area contributed by atoms with Crippen LogP contribution in [0.1, 0.15) is 11.1 Å². The van der Waals surface area contributed by atoms with Crippen molar-refractivity contribution in [2.75, 3.05) is 0 Å². The molecule has 2 aromatic heterocycles. The van der Waals surface area contributed by atoms with Gasteiger partial charge in [0.25, 0.3) is 0 Å². The summed E-state index contributed by atoms with van der Waals surface area (Å²) in [6.07, 6.45) is 6.54. The molecule has 0 aliphatic rings. The molecular formula is C21H16N6O. The van der Waals surface area contributed by atoms with Crippen LogP contribution in [0.4, 0.5) is 4.79 Å². The Morgan fingerprint density at radius 3 is 1.68 bits per heavy atom. The van der Waals surface area contributed by atoms with Crippen molar-refractivity contribution in [3.05, 3.63) is 84.2 Å². The average molecular weight is 368 g/mol. The van der Waals surface area contributed by atoms with Crippen molar-refractivity contribution >= 4 is 40.3 Å². The number of hydrogen-bond acceptors (Lipinski definition) is 5. The lowest BCUT2D eigenvalue weighted by Crippen LogP contribution is -2.28. The maximum atomic E-state index is 11.9. The van der Waals surface area contributed by atoms with E-state index < -0.39 is 6.03 Å². The van der Waals surface area contributed by atoms with Gasteiger partial charge >= 0.3 is 6.03 Å². The van der Waals surface area contributed by atoms with E-state index in [4.69, 9.17) is 0 Å². The number of hydrogen-bond donors (Lipinski definition) is 2. The third-order valence-electron chi connectivity index (χ3n) is 4.07. The molecule has 136 valence electrons. The van der Waals surface area contributed by atoms with Crippen molar-refractivity contribution < 1.29 is 4.79 Å². The first-order chi connectivity index (χ1) is 13.8. The molecular weight excluding hydrogens is 352 g/mol. The van der Waals surface area contributed by atoms with E-state index in [2.05, 4.69) is 31.0 Å². The van der Waals surface area contributed by atoms with Crippen molar-refractivity contribution in [3.8, 4) is 0 Å². The zero-order valence-electron chi connectivity index (χ0n) is 14.8. The van der Waals surface area contributed by atoms with Crippen molar-refractivity contribution in [2.24, 2.45) is 10.2 Å².